The number of nitrogens with zero attached hydrogens (tertiary/aromatic N) is 2. The molecule has 0 aliphatic heterocycles. The zero-order chi connectivity index (χ0) is 14.5. The number of nitrogens with two attached hydrogens (primary N) is 1. The van der Waals surface area contributed by atoms with Crippen LogP contribution in [0.5, 0.6) is 0 Å². The van der Waals surface area contributed by atoms with Gasteiger partial charge in [-0.05, 0) is 36.5 Å². The molecule has 1 saturated carbocycles. The molecule has 1 aromatic carbocycles. The molecule has 1 aliphatic rings. The monoisotopic (exact) mass is 406 g/mol. The summed E-state index contributed by atoms with van der Waals surface area (Å²) in [6, 6.07) is 5.15. The molecular weight excluding hydrogens is 382 g/mol. The van der Waals surface area contributed by atoms with Gasteiger partial charge in [-0.1, -0.05) is 12.5 Å². The Labute approximate surface area is 143 Å². The topological polar surface area (TPSA) is 53.6 Å². The van der Waals surface area contributed by atoms with Crippen LogP contribution in [0.1, 0.15) is 24.8 Å². The molecule has 0 saturated heterocycles. The van der Waals surface area contributed by atoms with E-state index in [2.05, 4.69) is 10.3 Å². The smallest absolute Gasteiger partial charge is 0.188 e. The molecule has 0 spiro atoms. The average Bonchev–Trinajstić information content (AvgIpc) is 2.34. The average molecular weight is 406 g/mol. The van der Waals surface area contributed by atoms with Crippen molar-refractivity contribution in [1.82, 2.24) is 5.32 Å². The van der Waals surface area contributed by atoms with Gasteiger partial charge in [-0.3, -0.25) is 0 Å². The Balaban J connectivity index is 0.00000220. The van der Waals surface area contributed by atoms with Gasteiger partial charge >= 0.3 is 0 Å². The lowest BCUT2D eigenvalue weighted by molar-refractivity contribution is 0.315. The van der Waals surface area contributed by atoms with Crippen LogP contribution in [0.3, 0.4) is 0 Å². The molecule has 1 fully saturated rings. The van der Waals surface area contributed by atoms with Gasteiger partial charge in [0, 0.05) is 20.6 Å². The molecule has 21 heavy (non-hydrogen) atoms. The van der Waals surface area contributed by atoms with Gasteiger partial charge < -0.3 is 16.0 Å². The number of hydrogen-bond acceptors (Lipinski definition) is 2. The summed E-state index contributed by atoms with van der Waals surface area (Å²) in [4.78, 5) is 5.99. The van der Waals surface area contributed by atoms with E-state index < -0.39 is 0 Å². The Morgan fingerprint density at radius 3 is 2.67 bits per heavy atom. The van der Waals surface area contributed by atoms with Crippen molar-refractivity contribution in [2.75, 3.05) is 25.5 Å². The highest BCUT2D eigenvalue weighted by Gasteiger charge is 2.16. The Kier molecular flexibility index (Phi) is 7.21. The van der Waals surface area contributed by atoms with Crippen molar-refractivity contribution in [2.45, 2.75) is 25.8 Å². The molecule has 2 rings (SSSR count). The molecule has 1 aliphatic carbocycles. The second-order valence-corrected chi connectivity index (χ2v) is 5.56. The summed E-state index contributed by atoms with van der Waals surface area (Å²) >= 11 is 0. The third-order valence-electron chi connectivity index (χ3n) is 3.72. The van der Waals surface area contributed by atoms with Crippen LogP contribution in [-0.2, 0) is 6.54 Å². The van der Waals surface area contributed by atoms with Crippen LogP contribution in [0.15, 0.2) is 23.2 Å². The van der Waals surface area contributed by atoms with Gasteiger partial charge in [-0.15, -0.1) is 24.0 Å². The van der Waals surface area contributed by atoms with Gasteiger partial charge in [0.1, 0.15) is 5.82 Å². The number of nitrogens with one attached hydrogen (secondary N) is 1. The third-order valence-corrected chi connectivity index (χ3v) is 3.72. The van der Waals surface area contributed by atoms with E-state index in [0.717, 1.165) is 18.0 Å². The number of halogens is 2. The number of aliphatic imine (C=N–C) groups is 1. The van der Waals surface area contributed by atoms with Crippen LogP contribution >= 0.6 is 24.0 Å². The Hall–Kier alpha value is -1.05. The van der Waals surface area contributed by atoms with Crippen LogP contribution in [0.25, 0.3) is 0 Å². The predicted octanol–water partition coefficient (Wildman–Crippen LogP) is 2.71. The lowest BCUT2D eigenvalue weighted by Crippen LogP contribution is -2.37. The molecule has 1 aromatic rings. The van der Waals surface area contributed by atoms with Gasteiger partial charge in [0.2, 0.25) is 0 Å². The van der Waals surface area contributed by atoms with E-state index in [1.54, 1.807) is 11.0 Å². The minimum absolute atomic E-state index is 0. The van der Waals surface area contributed by atoms with Crippen LogP contribution in [0, 0.1) is 11.7 Å². The number of guanidine groups is 1. The molecule has 4 nitrogen and oxygen atoms in total. The molecule has 0 heterocycles. The second kappa shape index (κ2) is 8.41. The van der Waals surface area contributed by atoms with Crippen molar-refractivity contribution in [3.05, 3.63) is 29.6 Å². The molecule has 118 valence electrons. The maximum absolute atomic E-state index is 13.8. The van der Waals surface area contributed by atoms with Crippen LogP contribution in [0.2, 0.25) is 0 Å². The van der Waals surface area contributed by atoms with Gasteiger partial charge in [0.05, 0.1) is 12.2 Å². The van der Waals surface area contributed by atoms with E-state index in [1.165, 1.54) is 25.3 Å². The SMILES string of the molecule is CN(C)c1ccc(CN=C(N)NCC2CCC2)cc1F.I. The standard InChI is InChI=1S/C15H23FN4.HI/c1-20(2)14-7-6-12(8-13(14)16)10-19-15(17)18-9-11-4-3-5-11;/h6-8,11H,3-5,9-10H2,1-2H3,(H3,17,18,19);1H. The van der Waals surface area contributed by atoms with Crippen LogP contribution in [-0.4, -0.2) is 26.6 Å². The van der Waals surface area contributed by atoms with Crippen LogP contribution in [0.4, 0.5) is 10.1 Å². The Morgan fingerprint density at radius 2 is 2.14 bits per heavy atom. The van der Waals surface area contributed by atoms with Crippen molar-refractivity contribution in [2.24, 2.45) is 16.6 Å². The number of benzene rings is 1. The minimum atomic E-state index is -0.233. The maximum Gasteiger partial charge on any atom is 0.188 e. The van der Waals surface area contributed by atoms with Crippen molar-refractivity contribution in [3.8, 4) is 0 Å². The Morgan fingerprint density at radius 1 is 1.43 bits per heavy atom. The van der Waals surface area contributed by atoms with E-state index in [9.17, 15) is 4.39 Å². The predicted molar refractivity (Wildman–Crippen MR) is 96.8 cm³/mol. The fourth-order valence-electron chi connectivity index (χ4n) is 2.19. The molecule has 0 atom stereocenters. The quantitative estimate of drug-likeness (QED) is 0.449. The van der Waals surface area contributed by atoms with Gasteiger partial charge in [0.25, 0.3) is 0 Å². The highest BCUT2D eigenvalue weighted by molar-refractivity contribution is 14.0. The van der Waals surface area contributed by atoms with E-state index in [0.29, 0.717) is 18.2 Å². The summed E-state index contributed by atoms with van der Waals surface area (Å²) in [6.45, 7) is 1.29. The third kappa shape index (κ3) is 5.33. The van der Waals surface area contributed by atoms with E-state index >= 15 is 0 Å². The zero-order valence-electron chi connectivity index (χ0n) is 12.6. The first kappa shape index (κ1) is 18.0. The number of anilines is 1. The van der Waals surface area contributed by atoms with E-state index in [1.807, 2.05) is 20.2 Å². The van der Waals surface area contributed by atoms with Crippen molar-refractivity contribution in [3.63, 3.8) is 0 Å². The first-order chi connectivity index (χ1) is 9.56. The van der Waals surface area contributed by atoms with Crippen molar-refractivity contribution >= 4 is 35.6 Å². The van der Waals surface area contributed by atoms with Crippen molar-refractivity contribution in [1.29, 1.82) is 0 Å². The lowest BCUT2D eigenvalue weighted by Gasteiger charge is -2.25. The lowest BCUT2D eigenvalue weighted by atomic mass is 9.85. The molecule has 3 N–H and O–H groups in total. The Bertz CT molecular complexity index is 487. The van der Waals surface area contributed by atoms with E-state index in [4.69, 9.17) is 5.73 Å². The summed E-state index contributed by atoms with van der Waals surface area (Å²) in [7, 11) is 3.64. The fourth-order valence-corrected chi connectivity index (χ4v) is 2.19. The first-order valence-corrected chi connectivity index (χ1v) is 7.06. The zero-order valence-corrected chi connectivity index (χ0v) is 14.9. The van der Waals surface area contributed by atoms with Crippen LogP contribution < -0.4 is 16.0 Å². The molecule has 6 heteroatoms. The molecule has 0 aromatic heterocycles. The molecule has 0 bridgehead atoms. The molecule has 0 amide bonds. The van der Waals surface area contributed by atoms with E-state index in [-0.39, 0.29) is 29.8 Å². The number of hydrogen-bond donors (Lipinski definition) is 2. The molecule has 0 radical (unpaired) electrons. The minimum Gasteiger partial charge on any atom is -0.375 e. The summed E-state index contributed by atoms with van der Waals surface area (Å²) in [5, 5.41) is 3.12. The maximum atomic E-state index is 13.8. The van der Waals surface area contributed by atoms with Gasteiger partial charge in [-0.2, -0.15) is 0 Å². The summed E-state index contributed by atoms with van der Waals surface area (Å²) in [5.74, 6) is 0.943. The highest BCUT2D eigenvalue weighted by atomic mass is 127. The first-order valence-electron chi connectivity index (χ1n) is 7.06. The summed E-state index contributed by atoms with van der Waals surface area (Å²) in [6.07, 6.45) is 3.87. The largest absolute Gasteiger partial charge is 0.375 e. The highest BCUT2D eigenvalue weighted by Crippen LogP contribution is 2.25. The number of rotatable bonds is 5. The van der Waals surface area contributed by atoms with Crippen molar-refractivity contribution < 1.29 is 4.39 Å². The van der Waals surface area contributed by atoms with Gasteiger partial charge in [-0.25, -0.2) is 9.38 Å². The summed E-state index contributed by atoms with van der Waals surface area (Å²) < 4.78 is 13.8. The summed E-state index contributed by atoms with van der Waals surface area (Å²) in [5.41, 5.74) is 7.20. The second-order valence-electron chi connectivity index (χ2n) is 5.56. The fraction of sp³-hybridized carbons (Fsp3) is 0.533. The van der Waals surface area contributed by atoms with Gasteiger partial charge in [0.15, 0.2) is 5.96 Å². The molecular formula is C15H24FIN4. The molecule has 0 unspecified atom stereocenters. The normalized spacial score (nSPS) is 15.1.